The second-order valence-electron chi connectivity index (χ2n) is 4.99. The molecule has 5 heteroatoms. The van der Waals surface area contributed by atoms with Gasteiger partial charge in [0.2, 0.25) is 5.91 Å². The van der Waals surface area contributed by atoms with Crippen molar-refractivity contribution in [1.29, 1.82) is 0 Å². The highest BCUT2D eigenvalue weighted by Gasteiger charge is 2.10. The summed E-state index contributed by atoms with van der Waals surface area (Å²) < 4.78 is 7.13. The zero-order chi connectivity index (χ0) is 16.1. The monoisotopic (exact) mass is 299 g/mol. The molecule has 0 unspecified atom stereocenters. The first kappa shape index (κ1) is 15.8. The molecule has 1 N–H and O–H groups in total. The molecule has 2 aromatic rings. The van der Waals surface area contributed by atoms with Crippen LogP contribution in [0.15, 0.2) is 30.3 Å². The van der Waals surface area contributed by atoms with Crippen LogP contribution in [0.5, 0.6) is 5.75 Å². The molecule has 1 heterocycles. The lowest BCUT2D eigenvalue weighted by Crippen LogP contribution is -2.09. The van der Waals surface area contributed by atoms with Crippen molar-refractivity contribution >= 4 is 17.7 Å². The van der Waals surface area contributed by atoms with Crippen LogP contribution in [-0.4, -0.2) is 22.3 Å². The van der Waals surface area contributed by atoms with E-state index in [1.807, 2.05) is 52.1 Å². The molecule has 1 aromatic heterocycles. The molecular formula is C17H21N3O2. The van der Waals surface area contributed by atoms with Gasteiger partial charge in [-0.1, -0.05) is 12.1 Å². The standard InChI is InChI=1S/C17H21N3O2/c1-5-22-15-9-6-14(7-10-15)8-11-16(21)18-17-12(2)19-20(4)13(17)3/h6-11H,5H2,1-4H3,(H,18,21)/b11-8+. The number of carbonyl (C=O) groups excluding carboxylic acids is 1. The molecule has 22 heavy (non-hydrogen) atoms. The summed E-state index contributed by atoms with van der Waals surface area (Å²) in [4.78, 5) is 12.0. The van der Waals surface area contributed by atoms with E-state index in [-0.39, 0.29) is 5.91 Å². The summed E-state index contributed by atoms with van der Waals surface area (Å²) in [7, 11) is 1.85. The van der Waals surface area contributed by atoms with Crippen LogP contribution in [0.25, 0.3) is 6.08 Å². The maximum Gasteiger partial charge on any atom is 0.248 e. The summed E-state index contributed by atoms with van der Waals surface area (Å²) in [5, 5.41) is 7.14. The summed E-state index contributed by atoms with van der Waals surface area (Å²) in [5.74, 6) is 0.652. The Hall–Kier alpha value is -2.56. The third-order valence-electron chi connectivity index (χ3n) is 3.38. The molecule has 2 rings (SSSR count). The fourth-order valence-corrected chi connectivity index (χ4v) is 2.13. The number of amides is 1. The van der Waals surface area contributed by atoms with Crippen molar-refractivity contribution in [2.24, 2.45) is 7.05 Å². The number of ether oxygens (including phenoxy) is 1. The molecule has 0 saturated carbocycles. The normalized spacial score (nSPS) is 10.9. The molecule has 1 amide bonds. The van der Waals surface area contributed by atoms with E-state index in [4.69, 9.17) is 4.74 Å². The van der Waals surface area contributed by atoms with E-state index >= 15 is 0 Å². The summed E-state index contributed by atoms with van der Waals surface area (Å²) in [5.41, 5.74) is 3.45. The Morgan fingerprint density at radius 1 is 1.32 bits per heavy atom. The third kappa shape index (κ3) is 3.75. The van der Waals surface area contributed by atoms with Crippen LogP contribution < -0.4 is 10.1 Å². The first-order valence-corrected chi connectivity index (χ1v) is 7.23. The highest BCUT2D eigenvalue weighted by atomic mass is 16.5. The van der Waals surface area contributed by atoms with Crippen LogP contribution in [0.2, 0.25) is 0 Å². The zero-order valence-electron chi connectivity index (χ0n) is 13.4. The summed E-state index contributed by atoms with van der Waals surface area (Å²) >= 11 is 0. The first-order valence-electron chi connectivity index (χ1n) is 7.23. The van der Waals surface area contributed by atoms with Gasteiger partial charge >= 0.3 is 0 Å². The molecule has 1 aromatic carbocycles. The molecule has 0 aliphatic heterocycles. The quantitative estimate of drug-likeness (QED) is 0.863. The number of nitrogens with zero attached hydrogens (tertiary/aromatic N) is 2. The zero-order valence-corrected chi connectivity index (χ0v) is 13.4. The van der Waals surface area contributed by atoms with Crippen molar-refractivity contribution in [3.05, 3.63) is 47.3 Å². The molecule has 0 aliphatic rings. The summed E-state index contributed by atoms with van der Waals surface area (Å²) in [6.07, 6.45) is 3.29. The second kappa shape index (κ2) is 6.93. The van der Waals surface area contributed by atoms with Gasteiger partial charge in [0.25, 0.3) is 0 Å². The Morgan fingerprint density at radius 3 is 2.55 bits per heavy atom. The Bertz CT molecular complexity index is 685. The third-order valence-corrected chi connectivity index (χ3v) is 3.38. The number of aromatic nitrogens is 2. The van der Waals surface area contributed by atoms with Gasteiger partial charge in [0.1, 0.15) is 5.75 Å². The molecule has 0 spiro atoms. The number of carbonyl (C=O) groups is 1. The number of nitrogens with one attached hydrogen (secondary N) is 1. The molecule has 0 fully saturated rings. The van der Waals surface area contributed by atoms with Crippen LogP contribution in [-0.2, 0) is 11.8 Å². The molecule has 5 nitrogen and oxygen atoms in total. The predicted octanol–water partition coefficient (Wildman–Crippen LogP) is 3.09. The van der Waals surface area contributed by atoms with Gasteiger partial charge in [-0.2, -0.15) is 5.10 Å². The minimum absolute atomic E-state index is 0.173. The highest BCUT2D eigenvalue weighted by Crippen LogP contribution is 2.18. The fraction of sp³-hybridized carbons (Fsp3) is 0.294. The Morgan fingerprint density at radius 2 is 2.00 bits per heavy atom. The maximum atomic E-state index is 12.0. The molecular weight excluding hydrogens is 278 g/mol. The van der Waals surface area contributed by atoms with Gasteiger partial charge in [-0.15, -0.1) is 0 Å². The van der Waals surface area contributed by atoms with E-state index in [9.17, 15) is 4.79 Å². The van der Waals surface area contributed by atoms with Crippen LogP contribution >= 0.6 is 0 Å². The van der Waals surface area contributed by atoms with Crippen molar-refractivity contribution in [3.8, 4) is 5.75 Å². The maximum absolute atomic E-state index is 12.0. The minimum Gasteiger partial charge on any atom is -0.494 e. The Kier molecular flexibility index (Phi) is 4.99. The van der Waals surface area contributed by atoms with E-state index in [0.717, 1.165) is 28.4 Å². The average Bonchev–Trinajstić information content (AvgIpc) is 2.73. The van der Waals surface area contributed by atoms with Crippen molar-refractivity contribution in [1.82, 2.24) is 9.78 Å². The van der Waals surface area contributed by atoms with Crippen molar-refractivity contribution < 1.29 is 9.53 Å². The largest absolute Gasteiger partial charge is 0.494 e. The van der Waals surface area contributed by atoms with Crippen molar-refractivity contribution in [3.63, 3.8) is 0 Å². The van der Waals surface area contributed by atoms with Gasteiger partial charge in [0, 0.05) is 13.1 Å². The molecule has 0 bridgehead atoms. The first-order chi connectivity index (χ1) is 10.5. The van der Waals surface area contributed by atoms with E-state index < -0.39 is 0 Å². The van der Waals surface area contributed by atoms with Crippen molar-refractivity contribution in [2.45, 2.75) is 20.8 Å². The van der Waals surface area contributed by atoms with E-state index in [1.165, 1.54) is 6.08 Å². The smallest absolute Gasteiger partial charge is 0.248 e. The minimum atomic E-state index is -0.173. The number of hydrogen-bond donors (Lipinski definition) is 1. The second-order valence-corrected chi connectivity index (χ2v) is 4.99. The van der Waals surface area contributed by atoms with E-state index in [2.05, 4.69) is 10.4 Å². The van der Waals surface area contributed by atoms with Gasteiger partial charge < -0.3 is 10.1 Å². The number of aryl methyl sites for hydroxylation is 2. The lowest BCUT2D eigenvalue weighted by molar-refractivity contribution is -0.111. The van der Waals surface area contributed by atoms with Gasteiger partial charge in [0.15, 0.2) is 0 Å². The topological polar surface area (TPSA) is 56.1 Å². The predicted molar refractivity (Wildman–Crippen MR) is 88.0 cm³/mol. The number of benzene rings is 1. The molecule has 116 valence electrons. The SMILES string of the molecule is CCOc1ccc(/C=C/C(=O)Nc2c(C)nn(C)c2C)cc1. The molecule has 0 aliphatic carbocycles. The highest BCUT2D eigenvalue weighted by molar-refractivity contribution is 6.02. The number of anilines is 1. The van der Waals surface area contributed by atoms with E-state index in [1.54, 1.807) is 10.8 Å². The Labute approximate surface area is 130 Å². The van der Waals surface area contributed by atoms with Crippen LogP contribution in [0, 0.1) is 13.8 Å². The van der Waals surface area contributed by atoms with E-state index in [0.29, 0.717) is 6.61 Å². The van der Waals surface area contributed by atoms with Crippen LogP contribution in [0.4, 0.5) is 5.69 Å². The van der Waals surface area contributed by atoms with Gasteiger partial charge in [0.05, 0.1) is 23.7 Å². The van der Waals surface area contributed by atoms with Crippen molar-refractivity contribution in [2.75, 3.05) is 11.9 Å². The molecule has 0 radical (unpaired) electrons. The molecule has 0 atom stereocenters. The lowest BCUT2D eigenvalue weighted by atomic mass is 10.2. The van der Waals surface area contributed by atoms with Crippen LogP contribution in [0.1, 0.15) is 23.9 Å². The summed E-state index contributed by atoms with van der Waals surface area (Å²) in [6, 6.07) is 7.59. The van der Waals surface area contributed by atoms with Crippen LogP contribution in [0.3, 0.4) is 0 Å². The average molecular weight is 299 g/mol. The van der Waals surface area contributed by atoms with Gasteiger partial charge in [-0.05, 0) is 44.5 Å². The number of rotatable bonds is 5. The lowest BCUT2D eigenvalue weighted by Gasteiger charge is -2.03. The number of hydrogen-bond acceptors (Lipinski definition) is 3. The molecule has 0 saturated heterocycles. The van der Waals surface area contributed by atoms with Gasteiger partial charge in [-0.25, -0.2) is 0 Å². The Balaban J connectivity index is 2.02. The summed E-state index contributed by atoms with van der Waals surface area (Å²) in [6.45, 7) is 6.38. The van der Waals surface area contributed by atoms with Gasteiger partial charge in [-0.3, -0.25) is 9.48 Å². The fourth-order valence-electron chi connectivity index (χ4n) is 2.13.